The Kier molecular flexibility index (Phi) is 3.06. The number of amides is 1. The van der Waals surface area contributed by atoms with E-state index in [0.29, 0.717) is 11.3 Å². The molecule has 76 valence electrons. The van der Waals surface area contributed by atoms with E-state index in [4.69, 9.17) is 0 Å². The molecule has 1 heterocycles. The van der Waals surface area contributed by atoms with Crippen molar-refractivity contribution in [3.63, 3.8) is 0 Å². The molecule has 0 spiro atoms. The zero-order valence-electron chi connectivity index (χ0n) is 8.55. The SMILES string of the molecule is CC(=O)c1c[nH]c(C(=O)NC(C)C)c1. The van der Waals surface area contributed by atoms with Crippen LogP contribution >= 0.6 is 0 Å². The summed E-state index contributed by atoms with van der Waals surface area (Å²) in [6, 6.07) is 1.65. The van der Waals surface area contributed by atoms with Crippen LogP contribution in [0.2, 0.25) is 0 Å². The lowest BCUT2D eigenvalue weighted by Crippen LogP contribution is -2.30. The van der Waals surface area contributed by atoms with Crippen LogP contribution in [0.15, 0.2) is 12.3 Å². The lowest BCUT2D eigenvalue weighted by Gasteiger charge is -2.05. The Morgan fingerprint density at radius 1 is 1.43 bits per heavy atom. The average Bonchev–Trinajstić information content (AvgIpc) is 2.50. The summed E-state index contributed by atoms with van der Waals surface area (Å²) in [5, 5.41) is 2.73. The summed E-state index contributed by atoms with van der Waals surface area (Å²) in [6.07, 6.45) is 1.54. The van der Waals surface area contributed by atoms with E-state index in [0.717, 1.165) is 0 Å². The third kappa shape index (κ3) is 2.45. The lowest BCUT2D eigenvalue weighted by atomic mass is 10.2. The molecule has 0 unspecified atom stereocenters. The van der Waals surface area contributed by atoms with Crippen LogP contribution in [-0.4, -0.2) is 22.7 Å². The third-order valence-corrected chi connectivity index (χ3v) is 1.75. The van der Waals surface area contributed by atoms with Crippen molar-refractivity contribution in [1.82, 2.24) is 10.3 Å². The summed E-state index contributed by atoms with van der Waals surface area (Å²) in [6.45, 7) is 5.23. The van der Waals surface area contributed by atoms with E-state index >= 15 is 0 Å². The van der Waals surface area contributed by atoms with Crippen LogP contribution in [0.5, 0.6) is 0 Å². The van der Waals surface area contributed by atoms with Gasteiger partial charge in [0, 0.05) is 17.8 Å². The zero-order chi connectivity index (χ0) is 10.7. The highest BCUT2D eigenvalue weighted by atomic mass is 16.2. The minimum absolute atomic E-state index is 0.0511. The molecule has 14 heavy (non-hydrogen) atoms. The van der Waals surface area contributed by atoms with Gasteiger partial charge in [0.2, 0.25) is 0 Å². The predicted octanol–water partition coefficient (Wildman–Crippen LogP) is 1.36. The van der Waals surface area contributed by atoms with Gasteiger partial charge < -0.3 is 10.3 Å². The molecule has 1 aromatic rings. The Morgan fingerprint density at radius 3 is 2.50 bits per heavy atom. The van der Waals surface area contributed by atoms with Crippen LogP contribution in [0.1, 0.15) is 41.6 Å². The zero-order valence-corrected chi connectivity index (χ0v) is 8.55. The molecule has 0 aliphatic rings. The fourth-order valence-electron chi connectivity index (χ4n) is 1.07. The number of rotatable bonds is 3. The molecule has 2 N–H and O–H groups in total. The Morgan fingerprint density at radius 2 is 2.07 bits per heavy atom. The van der Waals surface area contributed by atoms with Gasteiger partial charge in [0.1, 0.15) is 5.69 Å². The van der Waals surface area contributed by atoms with Gasteiger partial charge in [-0.15, -0.1) is 0 Å². The summed E-state index contributed by atoms with van der Waals surface area (Å²) < 4.78 is 0. The highest BCUT2D eigenvalue weighted by Gasteiger charge is 2.10. The predicted molar refractivity (Wildman–Crippen MR) is 53.4 cm³/mol. The maximum atomic E-state index is 11.4. The molecule has 0 aliphatic carbocycles. The maximum Gasteiger partial charge on any atom is 0.267 e. The Labute approximate surface area is 82.7 Å². The Hall–Kier alpha value is -1.58. The fraction of sp³-hybridized carbons (Fsp3) is 0.400. The minimum atomic E-state index is -0.187. The van der Waals surface area contributed by atoms with Crippen molar-refractivity contribution >= 4 is 11.7 Å². The number of carbonyl (C=O) groups is 2. The van der Waals surface area contributed by atoms with E-state index in [-0.39, 0.29) is 17.7 Å². The number of Topliss-reactive ketones (excluding diaryl/α,β-unsaturated/α-hetero) is 1. The monoisotopic (exact) mass is 194 g/mol. The molecule has 0 saturated carbocycles. The number of hydrogen-bond donors (Lipinski definition) is 2. The number of ketones is 1. The van der Waals surface area contributed by atoms with E-state index in [2.05, 4.69) is 10.3 Å². The first-order valence-corrected chi connectivity index (χ1v) is 4.51. The summed E-state index contributed by atoms with van der Waals surface area (Å²) in [5.74, 6) is -0.239. The number of H-pyrrole nitrogens is 1. The fourth-order valence-corrected chi connectivity index (χ4v) is 1.07. The number of carbonyl (C=O) groups excluding carboxylic acids is 2. The van der Waals surface area contributed by atoms with Crippen molar-refractivity contribution < 1.29 is 9.59 Å². The largest absolute Gasteiger partial charge is 0.356 e. The topological polar surface area (TPSA) is 62.0 Å². The van der Waals surface area contributed by atoms with Crippen LogP contribution in [0.25, 0.3) is 0 Å². The molecule has 1 rings (SSSR count). The van der Waals surface area contributed by atoms with Crippen LogP contribution in [0, 0.1) is 0 Å². The van der Waals surface area contributed by atoms with E-state index < -0.39 is 0 Å². The van der Waals surface area contributed by atoms with Crippen molar-refractivity contribution in [2.24, 2.45) is 0 Å². The van der Waals surface area contributed by atoms with Crippen molar-refractivity contribution in [2.45, 2.75) is 26.8 Å². The highest BCUT2D eigenvalue weighted by molar-refractivity contribution is 5.99. The van der Waals surface area contributed by atoms with Crippen molar-refractivity contribution in [3.8, 4) is 0 Å². The van der Waals surface area contributed by atoms with Crippen LogP contribution in [0.4, 0.5) is 0 Å². The van der Waals surface area contributed by atoms with Gasteiger partial charge in [0.15, 0.2) is 5.78 Å². The first-order valence-electron chi connectivity index (χ1n) is 4.51. The average molecular weight is 194 g/mol. The smallest absolute Gasteiger partial charge is 0.267 e. The molecule has 0 atom stereocenters. The van der Waals surface area contributed by atoms with E-state index in [1.54, 1.807) is 6.07 Å². The molecule has 4 nitrogen and oxygen atoms in total. The summed E-state index contributed by atoms with van der Waals surface area (Å²) in [4.78, 5) is 25.1. The van der Waals surface area contributed by atoms with Crippen LogP contribution < -0.4 is 5.32 Å². The van der Waals surface area contributed by atoms with Gasteiger partial charge in [-0.1, -0.05) is 0 Å². The van der Waals surface area contributed by atoms with E-state index in [9.17, 15) is 9.59 Å². The molecule has 1 aromatic heterocycles. The summed E-state index contributed by atoms with van der Waals surface area (Å²) >= 11 is 0. The normalized spacial score (nSPS) is 10.3. The molecular weight excluding hydrogens is 180 g/mol. The molecule has 0 bridgehead atoms. The second kappa shape index (κ2) is 4.09. The lowest BCUT2D eigenvalue weighted by molar-refractivity contribution is 0.0938. The van der Waals surface area contributed by atoms with Crippen molar-refractivity contribution in [1.29, 1.82) is 0 Å². The molecule has 0 fully saturated rings. The van der Waals surface area contributed by atoms with Crippen molar-refractivity contribution in [2.75, 3.05) is 0 Å². The van der Waals surface area contributed by atoms with Gasteiger partial charge in [0.05, 0.1) is 0 Å². The molecule has 0 radical (unpaired) electrons. The quantitative estimate of drug-likeness (QED) is 0.713. The van der Waals surface area contributed by atoms with Gasteiger partial charge in [-0.2, -0.15) is 0 Å². The third-order valence-electron chi connectivity index (χ3n) is 1.75. The standard InChI is InChI=1S/C10H14N2O2/c1-6(2)12-10(14)9-4-8(5-11-9)7(3)13/h4-6,11H,1-3H3,(H,12,14). The first-order chi connectivity index (χ1) is 6.50. The highest BCUT2D eigenvalue weighted by Crippen LogP contribution is 2.04. The Bertz CT molecular complexity index is 353. The van der Waals surface area contributed by atoms with Gasteiger partial charge in [-0.25, -0.2) is 0 Å². The molecular formula is C10H14N2O2. The van der Waals surface area contributed by atoms with Crippen LogP contribution in [-0.2, 0) is 0 Å². The van der Waals surface area contributed by atoms with Crippen molar-refractivity contribution in [3.05, 3.63) is 23.5 Å². The second-order valence-electron chi connectivity index (χ2n) is 3.49. The van der Waals surface area contributed by atoms with Gasteiger partial charge in [-0.3, -0.25) is 9.59 Å². The molecule has 0 aromatic carbocycles. The number of aromatic nitrogens is 1. The molecule has 0 aliphatic heterocycles. The number of nitrogens with one attached hydrogen (secondary N) is 2. The number of aromatic amines is 1. The van der Waals surface area contributed by atoms with Crippen LogP contribution in [0.3, 0.4) is 0 Å². The van der Waals surface area contributed by atoms with Gasteiger partial charge in [0.25, 0.3) is 5.91 Å². The summed E-state index contributed by atoms with van der Waals surface area (Å²) in [5.41, 5.74) is 0.947. The molecule has 1 amide bonds. The van der Waals surface area contributed by atoms with E-state index in [1.807, 2.05) is 13.8 Å². The summed E-state index contributed by atoms with van der Waals surface area (Å²) in [7, 11) is 0. The van der Waals surface area contributed by atoms with Gasteiger partial charge >= 0.3 is 0 Å². The van der Waals surface area contributed by atoms with Gasteiger partial charge in [-0.05, 0) is 26.8 Å². The number of hydrogen-bond acceptors (Lipinski definition) is 2. The maximum absolute atomic E-state index is 11.4. The minimum Gasteiger partial charge on any atom is -0.356 e. The Balaban J connectivity index is 2.76. The molecule has 0 saturated heterocycles. The second-order valence-corrected chi connectivity index (χ2v) is 3.49. The van der Waals surface area contributed by atoms with E-state index in [1.165, 1.54) is 13.1 Å². The molecule has 4 heteroatoms. The first kappa shape index (κ1) is 10.5.